The summed E-state index contributed by atoms with van der Waals surface area (Å²) in [6.45, 7) is 9.88. The van der Waals surface area contributed by atoms with E-state index in [9.17, 15) is 8.42 Å². The maximum Gasteiger partial charge on any atom is 0.236 e. The Bertz CT molecular complexity index is 1010. The zero-order valence-corrected chi connectivity index (χ0v) is 21.1. The second-order valence-corrected chi connectivity index (χ2v) is 12.0. The Morgan fingerprint density at radius 3 is 2.48 bits per heavy atom. The van der Waals surface area contributed by atoms with Crippen LogP contribution in [0, 0.1) is 11.8 Å². The molecular formula is C25H39N5O2S. The van der Waals surface area contributed by atoms with Gasteiger partial charge in [-0.25, -0.2) is 13.4 Å². The Kier molecular flexibility index (Phi) is 8.37. The molecule has 0 bridgehead atoms. The van der Waals surface area contributed by atoms with Crippen molar-refractivity contribution < 1.29 is 8.42 Å². The summed E-state index contributed by atoms with van der Waals surface area (Å²) in [5, 5.41) is 6.34. The van der Waals surface area contributed by atoms with Crippen LogP contribution in [0.3, 0.4) is 0 Å². The first-order valence-corrected chi connectivity index (χ1v) is 13.4. The topological polar surface area (TPSA) is 109 Å². The zero-order valence-electron chi connectivity index (χ0n) is 20.3. The summed E-state index contributed by atoms with van der Waals surface area (Å²) in [6.07, 6.45) is 2.53. The monoisotopic (exact) mass is 473 g/mol. The quantitative estimate of drug-likeness (QED) is 0.353. The number of sulfonamides is 1. The molecule has 1 aliphatic rings. The van der Waals surface area contributed by atoms with Crippen LogP contribution in [-0.2, 0) is 23.0 Å². The fourth-order valence-electron chi connectivity index (χ4n) is 3.83. The minimum atomic E-state index is -3.48. The SMILES string of the molecule is CCC(C)S(=O)(=O)Nc1cc(CNCC(C)(N)Cc2ccccc2)cc(NCC2CC2C)n1. The van der Waals surface area contributed by atoms with E-state index in [-0.39, 0.29) is 0 Å². The summed E-state index contributed by atoms with van der Waals surface area (Å²) in [5.41, 5.74) is 8.28. The molecule has 7 nitrogen and oxygen atoms in total. The number of benzene rings is 1. The molecule has 33 heavy (non-hydrogen) atoms. The van der Waals surface area contributed by atoms with Crippen LogP contribution in [0.4, 0.5) is 11.6 Å². The summed E-state index contributed by atoms with van der Waals surface area (Å²) in [6, 6.07) is 14.0. The highest BCUT2D eigenvalue weighted by Gasteiger charge is 2.32. The van der Waals surface area contributed by atoms with Gasteiger partial charge in [-0.05, 0) is 68.2 Å². The highest BCUT2D eigenvalue weighted by molar-refractivity contribution is 7.93. The largest absolute Gasteiger partial charge is 0.370 e. The predicted octanol–water partition coefficient (Wildman–Crippen LogP) is 3.74. The molecule has 4 unspecified atom stereocenters. The number of aromatic nitrogens is 1. The van der Waals surface area contributed by atoms with Crippen molar-refractivity contribution in [2.24, 2.45) is 17.6 Å². The van der Waals surface area contributed by atoms with Crippen LogP contribution in [0.1, 0.15) is 51.7 Å². The van der Waals surface area contributed by atoms with E-state index in [4.69, 9.17) is 5.73 Å². The predicted molar refractivity (Wildman–Crippen MR) is 137 cm³/mol. The molecule has 0 saturated heterocycles. The molecule has 0 spiro atoms. The average Bonchev–Trinajstić information content (AvgIpc) is 3.46. The first-order chi connectivity index (χ1) is 15.6. The number of pyridine rings is 1. The molecule has 182 valence electrons. The number of anilines is 2. The van der Waals surface area contributed by atoms with Gasteiger partial charge in [0.1, 0.15) is 11.6 Å². The Balaban J connectivity index is 1.67. The number of hydrogen-bond acceptors (Lipinski definition) is 6. The second kappa shape index (κ2) is 10.8. The Morgan fingerprint density at radius 1 is 1.18 bits per heavy atom. The molecular weight excluding hydrogens is 434 g/mol. The van der Waals surface area contributed by atoms with Crippen molar-refractivity contribution in [1.29, 1.82) is 0 Å². The lowest BCUT2D eigenvalue weighted by atomic mass is 9.94. The Hall–Kier alpha value is -2.16. The van der Waals surface area contributed by atoms with Gasteiger partial charge in [0.25, 0.3) is 0 Å². The summed E-state index contributed by atoms with van der Waals surface area (Å²) in [5.74, 6) is 2.43. The van der Waals surface area contributed by atoms with Gasteiger partial charge in [-0.2, -0.15) is 0 Å². The molecule has 1 aliphatic carbocycles. The number of nitrogens with one attached hydrogen (secondary N) is 3. The van der Waals surface area contributed by atoms with Crippen molar-refractivity contribution in [3.05, 3.63) is 53.6 Å². The lowest BCUT2D eigenvalue weighted by molar-refractivity contribution is 0.426. The van der Waals surface area contributed by atoms with Gasteiger partial charge in [0.2, 0.25) is 10.0 Å². The fourth-order valence-corrected chi connectivity index (χ4v) is 4.87. The van der Waals surface area contributed by atoms with E-state index in [0.29, 0.717) is 37.1 Å². The van der Waals surface area contributed by atoms with Gasteiger partial charge in [-0.3, -0.25) is 4.72 Å². The van der Waals surface area contributed by atoms with E-state index in [1.165, 1.54) is 12.0 Å². The van der Waals surface area contributed by atoms with Crippen LogP contribution < -0.4 is 21.1 Å². The van der Waals surface area contributed by atoms with Crippen LogP contribution in [0.2, 0.25) is 0 Å². The van der Waals surface area contributed by atoms with Gasteiger partial charge in [0.05, 0.1) is 5.25 Å². The molecule has 1 aromatic heterocycles. The molecule has 0 radical (unpaired) electrons. The van der Waals surface area contributed by atoms with E-state index in [0.717, 1.165) is 24.4 Å². The van der Waals surface area contributed by atoms with Crippen LogP contribution in [-0.4, -0.2) is 37.3 Å². The van der Waals surface area contributed by atoms with Crippen LogP contribution >= 0.6 is 0 Å². The normalized spacial score (nSPS) is 20.6. The van der Waals surface area contributed by atoms with E-state index >= 15 is 0 Å². The standard InChI is InChI=1S/C25H39N5O2S/c1-5-19(3)33(31,32)30-24-13-21(12-23(29-24)28-16-22-11-18(22)2)15-27-17-25(4,26)14-20-9-7-6-8-10-20/h6-10,12-13,18-19,22,27H,5,11,14-17,26H2,1-4H3,(H2,28,29,30). The minimum absolute atomic E-state index is 0.348. The third-order valence-corrected chi connectivity index (χ3v) is 8.25. The lowest BCUT2D eigenvalue weighted by Crippen LogP contribution is -2.47. The smallest absolute Gasteiger partial charge is 0.236 e. The number of nitrogens with zero attached hydrogens (tertiary/aromatic N) is 1. The number of hydrogen-bond donors (Lipinski definition) is 4. The van der Waals surface area contributed by atoms with Crippen molar-refractivity contribution >= 4 is 21.7 Å². The first kappa shape index (κ1) is 25.5. The van der Waals surface area contributed by atoms with E-state index in [1.807, 2.05) is 38.1 Å². The van der Waals surface area contributed by atoms with Gasteiger partial charge >= 0.3 is 0 Å². The Labute approximate surface area is 199 Å². The van der Waals surface area contributed by atoms with Crippen molar-refractivity contribution in [3.8, 4) is 0 Å². The second-order valence-electron chi connectivity index (χ2n) is 9.89. The highest BCUT2D eigenvalue weighted by Crippen LogP contribution is 2.37. The van der Waals surface area contributed by atoms with Gasteiger partial charge in [-0.1, -0.05) is 44.2 Å². The summed E-state index contributed by atoms with van der Waals surface area (Å²) in [4.78, 5) is 4.52. The molecule has 5 N–H and O–H groups in total. The van der Waals surface area contributed by atoms with Crippen LogP contribution in [0.15, 0.2) is 42.5 Å². The molecule has 1 fully saturated rings. The lowest BCUT2D eigenvalue weighted by Gasteiger charge is -2.25. The van der Waals surface area contributed by atoms with E-state index in [1.54, 1.807) is 13.0 Å². The Morgan fingerprint density at radius 2 is 1.85 bits per heavy atom. The molecule has 4 atom stereocenters. The number of nitrogens with two attached hydrogens (primary N) is 1. The van der Waals surface area contributed by atoms with Gasteiger partial charge in [0.15, 0.2) is 0 Å². The molecule has 0 aliphatic heterocycles. The zero-order chi connectivity index (χ0) is 24.1. The highest BCUT2D eigenvalue weighted by atomic mass is 32.2. The summed E-state index contributed by atoms with van der Waals surface area (Å²) < 4.78 is 27.8. The average molecular weight is 474 g/mol. The number of rotatable bonds is 13. The van der Waals surface area contributed by atoms with E-state index < -0.39 is 20.8 Å². The summed E-state index contributed by atoms with van der Waals surface area (Å²) in [7, 11) is -3.48. The first-order valence-electron chi connectivity index (χ1n) is 11.9. The van der Waals surface area contributed by atoms with Crippen LogP contribution in [0.5, 0.6) is 0 Å². The molecule has 3 rings (SSSR count). The maximum absolute atomic E-state index is 12.6. The van der Waals surface area contributed by atoms with Gasteiger partial charge in [-0.15, -0.1) is 0 Å². The van der Waals surface area contributed by atoms with E-state index in [2.05, 4.69) is 39.4 Å². The fraction of sp³-hybridized carbons (Fsp3) is 0.560. The third kappa shape index (κ3) is 7.98. The minimum Gasteiger partial charge on any atom is -0.370 e. The maximum atomic E-state index is 12.6. The van der Waals surface area contributed by atoms with Crippen molar-refractivity contribution in [1.82, 2.24) is 10.3 Å². The van der Waals surface area contributed by atoms with Crippen LogP contribution in [0.25, 0.3) is 0 Å². The van der Waals surface area contributed by atoms with Gasteiger partial charge < -0.3 is 16.4 Å². The van der Waals surface area contributed by atoms with Crippen molar-refractivity contribution in [2.75, 3.05) is 23.1 Å². The molecule has 0 amide bonds. The van der Waals surface area contributed by atoms with Crippen molar-refractivity contribution in [3.63, 3.8) is 0 Å². The molecule has 1 aromatic carbocycles. The van der Waals surface area contributed by atoms with Gasteiger partial charge in [0, 0.05) is 25.2 Å². The molecule has 8 heteroatoms. The molecule has 2 aromatic rings. The third-order valence-electron chi connectivity index (χ3n) is 6.37. The molecule has 1 heterocycles. The summed E-state index contributed by atoms with van der Waals surface area (Å²) >= 11 is 0. The van der Waals surface area contributed by atoms with Crippen molar-refractivity contribution in [2.45, 2.75) is 64.3 Å². The molecule has 1 saturated carbocycles.